The molecule has 0 unspecified atom stereocenters. The molecule has 0 atom stereocenters. The van der Waals surface area contributed by atoms with Crippen molar-refractivity contribution in [3.05, 3.63) is 74.1 Å². The predicted octanol–water partition coefficient (Wildman–Crippen LogP) is 4.86. The lowest BCUT2D eigenvalue weighted by Crippen LogP contribution is -2.23. The van der Waals surface area contributed by atoms with Crippen LogP contribution >= 0.6 is 39.1 Å². The summed E-state index contributed by atoms with van der Waals surface area (Å²) in [5, 5.41) is 6.15. The highest BCUT2D eigenvalue weighted by atomic mass is 79.9. The molecular formula is C19H15BrCl2N4O2. The second-order valence-electron chi connectivity index (χ2n) is 5.86. The van der Waals surface area contributed by atoms with Crippen LogP contribution in [-0.4, -0.2) is 28.4 Å². The molecule has 0 aliphatic heterocycles. The maximum absolute atomic E-state index is 13.0. The third kappa shape index (κ3) is 3.92. The van der Waals surface area contributed by atoms with Gasteiger partial charge in [-0.1, -0.05) is 23.2 Å². The van der Waals surface area contributed by atoms with E-state index in [2.05, 4.69) is 31.5 Å². The first-order chi connectivity index (χ1) is 13.3. The first-order valence-corrected chi connectivity index (χ1v) is 9.70. The summed E-state index contributed by atoms with van der Waals surface area (Å²) in [5.41, 5.74) is 1.61. The SMILES string of the molecule is CNC(=O)c1cc(Cl)cc(C)c1NC(=O)c1ccc(Br)n1-c1ncccc1Cl. The summed E-state index contributed by atoms with van der Waals surface area (Å²) < 4.78 is 2.19. The van der Waals surface area contributed by atoms with E-state index < -0.39 is 5.91 Å². The fourth-order valence-electron chi connectivity index (χ4n) is 2.75. The molecule has 0 radical (unpaired) electrons. The number of carbonyl (C=O) groups is 2. The Labute approximate surface area is 180 Å². The van der Waals surface area contributed by atoms with E-state index in [9.17, 15) is 9.59 Å². The van der Waals surface area contributed by atoms with E-state index in [-0.39, 0.29) is 11.5 Å². The normalized spacial score (nSPS) is 10.6. The summed E-state index contributed by atoms with van der Waals surface area (Å²) in [5.74, 6) is -0.376. The Balaban J connectivity index is 2.05. The smallest absolute Gasteiger partial charge is 0.272 e. The molecule has 28 heavy (non-hydrogen) atoms. The lowest BCUT2D eigenvalue weighted by molar-refractivity contribution is 0.0964. The second-order valence-corrected chi connectivity index (χ2v) is 7.52. The van der Waals surface area contributed by atoms with Crippen LogP contribution in [0, 0.1) is 6.92 Å². The summed E-state index contributed by atoms with van der Waals surface area (Å²) in [6.07, 6.45) is 1.59. The number of rotatable bonds is 4. The maximum atomic E-state index is 13.0. The standard InChI is InChI=1S/C19H15BrCl2N4O2/c1-10-8-11(21)9-12(18(27)23-2)16(10)25-19(28)14-5-6-15(20)26(14)17-13(22)4-3-7-24-17/h3-9H,1-2H3,(H,23,27)(H,25,28). The average Bonchev–Trinajstić information content (AvgIpc) is 3.04. The number of pyridine rings is 1. The molecule has 144 valence electrons. The van der Waals surface area contributed by atoms with Gasteiger partial charge in [-0.05, 0) is 64.8 Å². The minimum Gasteiger partial charge on any atom is -0.355 e. The lowest BCUT2D eigenvalue weighted by atomic mass is 10.1. The first kappa shape index (κ1) is 20.4. The zero-order chi connectivity index (χ0) is 20.4. The highest BCUT2D eigenvalue weighted by Gasteiger charge is 2.21. The molecule has 0 aliphatic rings. The monoisotopic (exact) mass is 480 g/mol. The average molecular weight is 482 g/mol. The van der Waals surface area contributed by atoms with Crippen LogP contribution in [0.2, 0.25) is 10.0 Å². The van der Waals surface area contributed by atoms with Crippen LogP contribution in [0.4, 0.5) is 5.69 Å². The summed E-state index contributed by atoms with van der Waals surface area (Å²) in [7, 11) is 1.51. The lowest BCUT2D eigenvalue weighted by Gasteiger charge is -2.15. The van der Waals surface area contributed by atoms with Gasteiger partial charge in [-0.3, -0.25) is 14.2 Å². The molecule has 3 rings (SSSR count). The number of hydrogen-bond donors (Lipinski definition) is 2. The molecule has 0 fully saturated rings. The van der Waals surface area contributed by atoms with Gasteiger partial charge in [0.05, 0.1) is 20.9 Å². The Kier molecular flexibility index (Phi) is 6.07. The Morgan fingerprint density at radius 1 is 1.14 bits per heavy atom. The third-order valence-corrected chi connectivity index (χ3v) is 5.16. The Morgan fingerprint density at radius 2 is 1.89 bits per heavy atom. The van der Waals surface area contributed by atoms with Crippen molar-refractivity contribution >= 4 is 56.6 Å². The van der Waals surface area contributed by atoms with Crippen molar-refractivity contribution in [1.29, 1.82) is 0 Å². The molecule has 2 heterocycles. The van der Waals surface area contributed by atoms with Crippen molar-refractivity contribution in [3.8, 4) is 5.82 Å². The zero-order valence-electron chi connectivity index (χ0n) is 14.9. The zero-order valence-corrected chi connectivity index (χ0v) is 18.0. The highest BCUT2D eigenvalue weighted by molar-refractivity contribution is 9.10. The van der Waals surface area contributed by atoms with Gasteiger partial charge in [0, 0.05) is 18.3 Å². The molecule has 0 saturated heterocycles. The molecule has 3 aromatic rings. The number of nitrogens with zero attached hydrogens (tertiary/aromatic N) is 2. The van der Waals surface area contributed by atoms with Crippen molar-refractivity contribution in [3.63, 3.8) is 0 Å². The summed E-state index contributed by atoms with van der Waals surface area (Å²) in [6.45, 7) is 1.76. The van der Waals surface area contributed by atoms with Gasteiger partial charge in [0.25, 0.3) is 11.8 Å². The predicted molar refractivity (Wildman–Crippen MR) is 114 cm³/mol. The van der Waals surface area contributed by atoms with E-state index in [1.54, 1.807) is 48.0 Å². The number of anilines is 1. The van der Waals surface area contributed by atoms with Gasteiger partial charge >= 0.3 is 0 Å². The van der Waals surface area contributed by atoms with Crippen molar-refractivity contribution in [2.45, 2.75) is 6.92 Å². The molecule has 2 N–H and O–H groups in total. The minimum atomic E-state index is -0.428. The maximum Gasteiger partial charge on any atom is 0.272 e. The van der Waals surface area contributed by atoms with Gasteiger partial charge in [0.1, 0.15) is 5.69 Å². The van der Waals surface area contributed by atoms with E-state index in [0.29, 0.717) is 37.4 Å². The van der Waals surface area contributed by atoms with Gasteiger partial charge in [-0.25, -0.2) is 4.98 Å². The first-order valence-electron chi connectivity index (χ1n) is 8.15. The quantitative estimate of drug-likeness (QED) is 0.558. The van der Waals surface area contributed by atoms with E-state index in [4.69, 9.17) is 23.2 Å². The van der Waals surface area contributed by atoms with E-state index in [1.165, 1.54) is 13.1 Å². The number of amides is 2. The van der Waals surface area contributed by atoms with Crippen LogP contribution in [0.15, 0.2) is 47.2 Å². The number of aryl methyl sites for hydroxylation is 1. The number of carbonyl (C=O) groups excluding carboxylic acids is 2. The van der Waals surface area contributed by atoms with Gasteiger partial charge in [0.15, 0.2) is 5.82 Å². The molecule has 0 bridgehead atoms. The number of halogens is 3. The molecule has 0 aliphatic carbocycles. The summed E-state index contributed by atoms with van der Waals surface area (Å²) >= 11 is 15.7. The van der Waals surface area contributed by atoms with E-state index in [1.807, 2.05) is 0 Å². The molecule has 1 aromatic carbocycles. The molecule has 6 nitrogen and oxygen atoms in total. The summed E-state index contributed by atoms with van der Waals surface area (Å²) in [6, 6.07) is 9.92. The number of hydrogen-bond acceptors (Lipinski definition) is 3. The van der Waals surface area contributed by atoms with Crippen molar-refractivity contribution in [2.75, 3.05) is 12.4 Å². The molecule has 2 aromatic heterocycles. The Hall–Kier alpha value is -2.35. The molecule has 2 amide bonds. The van der Waals surface area contributed by atoms with Crippen LogP contribution in [-0.2, 0) is 0 Å². The van der Waals surface area contributed by atoms with Gasteiger partial charge in [-0.15, -0.1) is 0 Å². The van der Waals surface area contributed by atoms with Crippen LogP contribution in [0.25, 0.3) is 5.82 Å². The topological polar surface area (TPSA) is 76.0 Å². The van der Waals surface area contributed by atoms with Gasteiger partial charge in [0.2, 0.25) is 0 Å². The number of benzene rings is 1. The van der Waals surface area contributed by atoms with Gasteiger partial charge in [-0.2, -0.15) is 0 Å². The molecule has 0 spiro atoms. The van der Waals surface area contributed by atoms with Crippen LogP contribution in [0.3, 0.4) is 0 Å². The van der Waals surface area contributed by atoms with E-state index >= 15 is 0 Å². The van der Waals surface area contributed by atoms with Gasteiger partial charge < -0.3 is 10.6 Å². The minimum absolute atomic E-state index is 0.272. The fourth-order valence-corrected chi connectivity index (χ4v) is 3.72. The van der Waals surface area contributed by atoms with Crippen molar-refractivity contribution in [1.82, 2.24) is 14.9 Å². The third-order valence-electron chi connectivity index (χ3n) is 4.03. The van der Waals surface area contributed by atoms with Crippen LogP contribution in [0.5, 0.6) is 0 Å². The number of nitrogens with one attached hydrogen (secondary N) is 2. The van der Waals surface area contributed by atoms with E-state index in [0.717, 1.165) is 0 Å². The second kappa shape index (κ2) is 8.34. The Bertz CT molecular complexity index is 1080. The van der Waals surface area contributed by atoms with Crippen LogP contribution in [0.1, 0.15) is 26.4 Å². The number of aromatic nitrogens is 2. The fraction of sp³-hybridized carbons (Fsp3) is 0.105. The Morgan fingerprint density at radius 3 is 2.57 bits per heavy atom. The highest BCUT2D eigenvalue weighted by Crippen LogP contribution is 2.29. The van der Waals surface area contributed by atoms with Crippen molar-refractivity contribution in [2.24, 2.45) is 0 Å². The molecular weight excluding hydrogens is 467 g/mol. The van der Waals surface area contributed by atoms with Crippen molar-refractivity contribution < 1.29 is 9.59 Å². The largest absolute Gasteiger partial charge is 0.355 e. The molecule has 0 saturated carbocycles. The summed E-state index contributed by atoms with van der Waals surface area (Å²) in [4.78, 5) is 29.5. The molecule has 9 heteroatoms. The van der Waals surface area contributed by atoms with Crippen LogP contribution < -0.4 is 10.6 Å².